The normalized spacial score (nSPS) is 13.5. The first-order chi connectivity index (χ1) is 8.90. The summed E-state index contributed by atoms with van der Waals surface area (Å²) in [5.74, 6) is 0. The fraction of sp³-hybridized carbons (Fsp3) is 0.500. The molecule has 4 nitrogen and oxygen atoms in total. The van der Waals surface area contributed by atoms with Crippen LogP contribution in [0, 0.1) is 0 Å². The van der Waals surface area contributed by atoms with Crippen LogP contribution in [0.1, 0.15) is 19.8 Å². The molecule has 1 aromatic carbocycles. The highest BCUT2D eigenvalue weighted by atomic mass is 79.9. The number of rotatable bonds is 7. The molecule has 1 unspecified atom stereocenters. The molecule has 0 bridgehead atoms. The van der Waals surface area contributed by atoms with Crippen LogP contribution >= 0.6 is 31.9 Å². The van der Waals surface area contributed by atoms with Gasteiger partial charge in [0.2, 0.25) is 10.0 Å². The van der Waals surface area contributed by atoms with Crippen LogP contribution in [0.25, 0.3) is 0 Å². The minimum Gasteiger partial charge on any atom is -0.383 e. The van der Waals surface area contributed by atoms with E-state index in [9.17, 15) is 8.42 Å². The van der Waals surface area contributed by atoms with E-state index in [0.717, 1.165) is 17.3 Å². The van der Waals surface area contributed by atoms with Crippen LogP contribution in [0.2, 0.25) is 0 Å². The van der Waals surface area contributed by atoms with Gasteiger partial charge in [-0.2, -0.15) is 0 Å². The van der Waals surface area contributed by atoms with E-state index in [1.165, 1.54) is 0 Å². The van der Waals surface area contributed by atoms with Gasteiger partial charge in [-0.25, -0.2) is 13.1 Å². The Morgan fingerprint density at radius 1 is 1.37 bits per heavy atom. The predicted molar refractivity (Wildman–Crippen MR) is 82.7 cm³/mol. The second kappa shape index (κ2) is 7.73. The van der Waals surface area contributed by atoms with Crippen molar-refractivity contribution in [1.82, 2.24) is 4.72 Å². The van der Waals surface area contributed by atoms with Crippen LogP contribution in [0.5, 0.6) is 0 Å². The third-order valence-corrected chi connectivity index (χ3v) is 5.50. The lowest BCUT2D eigenvalue weighted by molar-refractivity contribution is 0.171. The molecule has 0 heterocycles. The molecular formula is C12H17Br2NO3S. The summed E-state index contributed by atoms with van der Waals surface area (Å²) in [6.07, 6.45) is 1.62. The molecule has 1 rings (SSSR count). The van der Waals surface area contributed by atoms with Gasteiger partial charge in [-0.1, -0.05) is 29.3 Å². The Kier molecular flexibility index (Phi) is 6.96. The molecule has 0 fully saturated rings. The highest BCUT2D eigenvalue weighted by Gasteiger charge is 2.21. The Bertz CT molecular complexity index is 514. The van der Waals surface area contributed by atoms with Gasteiger partial charge in [0.1, 0.15) is 0 Å². The zero-order valence-electron chi connectivity index (χ0n) is 10.8. The van der Waals surface area contributed by atoms with Crippen molar-refractivity contribution >= 4 is 41.9 Å². The number of benzene rings is 1. The second-order valence-corrected chi connectivity index (χ2v) is 7.59. The summed E-state index contributed by atoms with van der Waals surface area (Å²) < 4.78 is 33.7. The van der Waals surface area contributed by atoms with Crippen LogP contribution in [0.3, 0.4) is 0 Å². The van der Waals surface area contributed by atoms with Gasteiger partial charge in [-0.3, -0.25) is 0 Å². The highest BCUT2D eigenvalue weighted by molar-refractivity contribution is 9.11. The summed E-state index contributed by atoms with van der Waals surface area (Å²) in [7, 11) is -1.99. The topological polar surface area (TPSA) is 55.4 Å². The SMILES string of the molecule is CCCC(COC)NS(=O)(=O)c1ccc(Br)cc1Br. The van der Waals surface area contributed by atoms with Crippen LogP contribution in [0.15, 0.2) is 32.0 Å². The van der Waals surface area contributed by atoms with Crippen molar-refractivity contribution in [3.63, 3.8) is 0 Å². The van der Waals surface area contributed by atoms with E-state index >= 15 is 0 Å². The van der Waals surface area contributed by atoms with Crippen LogP contribution < -0.4 is 4.72 Å². The van der Waals surface area contributed by atoms with E-state index in [0.29, 0.717) is 11.1 Å². The van der Waals surface area contributed by atoms with Crippen molar-refractivity contribution in [2.75, 3.05) is 13.7 Å². The average Bonchev–Trinajstić information content (AvgIpc) is 2.28. The van der Waals surface area contributed by atoms with Crippen molar-refractivity contribution in [3.05, 3.63) is 27.1 Å². The first-order valence-corrected chi connectivity index (χ1v) is 8.94. The monoisotopic (exact) mass is 413 g/mol. The molecule has 19 heavy (non-hydrogen) atoms. The molecule has 0 saturated heterocycles. The fourth-order valence-corrected chi connectivity index (χ4v) is 4.70. The lowest BCUT2D eigenvalue weighted by Crippen LogP contribution is -2.38. The molecule has 0 spiro atoms. The van der Waals surface area contributed by atoms with Crippen molar-refractivity contribution < 1.29 is 13.2 Å². The van der Waals surface area contributed by atoms with Gasteiger partial charge in [0.15, 0.2) is 0 Å². The summed E-state index contributed by atoms with van der Waals surface area (Å²) in [4.78, 5) is 0.230. The van der Waals surface area contributed by atoms with E-state index in [1.54, 1.807) is 25.3 Å². The van der Waals surface area contributed by atoms with Crippen LogP contribution in [-0.2, 0) is 14.8 Å². The Hall–Kier alpha value is 0.0500. The molecule has 0 aromatic heterocycles. The quantitative estimate of drug-likeness (QED) is 0.744. The Labute approximate surface area is 131 Å². The zero-order valence-corrected chi connectivity index (χ0v) is 14.8. The van der Waals surface area contributed by atoms with Gasteiger partial charge in [0, 0.05) is 22.1 Å². The maximum Gasteiger partial charge on any atom is 0.242 e. The molecule has 1 N–H and O–H groups in total. The molecule has 7 heteroatoms. The predicted octanol–water partition coefficient (Wildman–Crippen LogP) is 3.31. The molecular weight excluding hydrogens is 398 g/mol. The van der Waals surface area contributed by atoms with E-state index in [2.05, 4.69) is 36.6 Å². The number of methoxy groups -OCH3 is 1. The van der Waals surface area contributed by atoms with Gasteiger partial charge in [0.05, 0.1) is 11.5 Å². The number of sulfonamides is 1. The number of nitrogens with one attached hydrogen (secondary N) is 1. The highest BCUT2D eigenvalue weighted by Crippen LogP contribution is 2.25. The van der Waals surface area contributed by atoms with E-state index in [4.69, 9.17) is 4.74 Å². The fourth-order valence-electron chi connectivity index (χ4n) is 1.70. The van der Waals surface area contributed by atoms with Gasteiger partial charge in [0.25, 0.3) is 0 Å². The van der Waals surface area contributed by atoms with Gasteiger partial charge in [-0.05, 0) is 40.5 Å². The van der Waals surface area contributed by atoms with Gasteiger partial charge < -0.3 is 4.74 Å². The summed E-state index contributed by atoms with van der Waals surface area (Å²) in [6.45, 7) is 2.37. The number of hydrogen-bond acceptors (Lipinski definition) is 3. The first kappa shape index (κ1) is 17.1. The van der Waals surface area contributed by atoms with Crippen molar-refractivity contribution in [3.8, 4) is 0 Å². The lowest BCUT2D eigenvalue weighted by atomic mass is 10.2. The van der Waals surface area contributed by atoms with Gasteiger partial charge >= 0.3 is 0 Å². The average molecular weight is 415 g/mol. The zero-order chi connectivity index (χ0) is 14.5. The van der Waals surface area contributed by atoms with E-state index in [-0.39, 0.29) is 10.9 Å². The van der Waals surface area contributed by atoms with Crippen molar-refractivity contribution in [2.24, 2.45) is 0 Å². The summed E-state index contributed by atoms with van der Waals surface area (Å²) in [5.41, 5.74) is 0. The van der Waals surface area contributed by atoms with Crippen LogP contribution in [-0.4, -0.2) is 28.2 Å². The molecule has 0 radical (unpaired) electrons. The maximum atomic E-state index is 12.3. The molecule has 1 aromatic rings. The lowest BCUT2D eigenvalue weighted by Gasteiger charge is -2.17. The molecule has 108 valence electrons. The third-order valence-electron chi connectivity index (χ3n) is 2.51. The first-order valence-electron chi connectivity index (χ1n) is 5.87. The Morgan fingerprint density at radius 2 is 2.05 bits per heavy atom. The van der Waals surface area contributed by atoms with Crippen molar-refractivity contribution in [1.29, 1.82) is 0 Å². The number of halogens is 2. The van der Waals surface area contributed by atoms with Crippen LogP contribution in [0.4, 0.5) is 0 Å². The van der Waals surface area contributed by atoms with E-state index in [1.807, 2.05) is 6.92 Å². The molecule has 0 aliphatic rings. The maximum absolute atomic E-state index is 12.3. The largest absolute Gasteiger partial charge is 0.383 e. The molecule has 0 amide bonds. The Morgan fingerprint density at radius 3 is 2.58 bits per heavy atom. The van der Waals surface area contributed by atoms with Gasteiger partial charge in [-0.15, -0.1) is 0 Å². The summed E-state index contributed by atoms with van der Waals surface area (Å²) >= 11 is 6.57. The minimum atomic E-state index is -3.55. The Balaban J connectivity index is 2.96. The minimum absolute atomic E-state index is 0.212. The molecule has 0 aliphatic carbocycles. The molecule has 0 aliphatic heterocycles. The second-order valence-electron chi connectivity index (χ2n) is 4.14. The third kappa shape index (κ3) is 5.15. The molecule has 1 atom stereocenters. The smallest absolute Gasteiger partial charge is 0.242 e. The molecule has 0 saturated carbocycles. The number of hydrogen-bond donors (Lipinski definition) is 1. The van der Waals surface area contributed by atoms with Crippen molar-refractivity contribution in [2.45, 2.75) is 30.7 Å². The summed E-state index contributed by atoms with van der Waals surface area (Å²) in [6, 6.07) is 4.76. The number of ether oxygens (including phenoxy) is 1. The van der Waals surface area contributed by atoms with E-state index < -0.39 is 10.0 Å². The summed E-state index contributed by atoms with van der Waals surface area (Å²) in [5, 5.41) is 0. The standard InChI is InChI=1S/C12H17Br2NO3S/c1-3-4-10(8-18-2)15-19(16,17)12-6-5-9(13)7-11(12)14/h5-7,10,15H,3-4,8H2,1-2H3.